The average Bonchev–Trinajstić information content (AvgIpc) is 3.52. The van der Waals surface area contributed by atoms with Gasteiger partial charge in [-0.05, 0) is 128 Å². The van der Waals surface area contributed by atoms with Crippen LogP contribution in [0.3, 0.4) is 0 Å². The molecule has 8 unspecified atom stereocenters. The summed E-state index contributed by atoms with van der Waals surface area (Å²) in [6.07, 6.45) is 15.5. The highest BCUT2D eigenvalue weighted by molar-refractivity contribution is 7.99. The molecule has 1 aliphatic heterocycles. The van der Waals surface area contributed by atoms with Gasteiger partial charge in [-0.2, -0.15) is 11.8 Å². The standard InChI is InChI=1S/C39H55FN2O3S.C3H6/c1-36(2)28(27-8-7-25(34(43)44)24-31(27)40)11-15-38(4)32(36)13-16-37(3)29-12-17-39(14-5-6-30(39)26(29)9-10-33(37)38)35(45)41-18-19-42-20-22-46-23-21-42;1-3-2/h7-8,11,24,26,29-30,32-33H,5-6,9-10,12-23H2,1-4H3,(H,41,45)(H,43,44);3H,1H2,2H3. The highest BCUT2D eigenvalue weighted by Crippen LogP contribution is 2.73. The molecule has 7 rings (SSSR count). The smallest absolute Gasteiger partial charge is 0.335 e. The first-order chi connectivity index (χ1) is 23.3. The van der Waals surface area contributed by atoms with Crippen molar-refractivity contribution in [2.24, 2.45) is 51.2 Å². The molecule has 5 nitrogen and oxygen atoms in total. The van der Waals surface area contributed by atoms with Crippen molar-refractivity contribution in [1.29, 1.82) is 0 Å². The summed E-state index contributed by atoms with van der Waals surface area (Å²) in [6.45, 7) is 19.1. The minimum Gasteiger partial charge on any atom is -0.478 e. The van der Waals surface area contributed by atoms with Crippen molar-refractivity contribution in [3.63, 3.8) is 0 Å². The Kier molecular flexibility index (Phi) is 10.6. The Morgan fingerprint density at radius 1 is 1.00 bits per heavy atom. The third-order valence-electron chi connectivity index (χ3n) is 14.9. The molecule has 5 aliphatic carbocycles. The number of carboxylic acids is 1. The summed E-state index contributed by atoms with van der Waals surface area (Å²) >= 11 is 2.04. The number of rotatable bonds is 6. The summed E-state index contributed by atoms with van der Waals surface area (Å²) in [7, 11) is 0. The van der Waals surface area contributed by atoms with E-state index in [0.29, 0.717) is 41.1 Å². The van der Waals surface area contributed by atoms with Crippen LogP contribution in [0.4, 0.5) is 4.39 Å². The largest absolute Gasteiger partial charge is 0.478 e. The topological polar surface area (TPSA) is 69.6 Å². The number of hydrogen-bond donors (Lipinski definition) is 2. The number of allylic oxidation sites excluding steroid dienone is 3. The fourth-order valence-corrected chi connectivity index (χ4v) is 13.8. The number of halogens is 1. The lowest BCUT2D eigenvalue weighted by molar-refractivity contribution is -0.181. The van der Waals surface area contributed by atoms with E-state index in [2.05, 4.69) is 50.6 Å². The van der Waals surface area contributed by atoms with Gasteiger partial charge in [0.15, 0.2) is 0 Å². The molecule has 4 saturated carbocycles. The van der Waals surface area contributed by atoms with E-state index in [9.17, 15) is 14.7 Å². The predicted octanol–water partition coefficient (Wildman–Crippen LogP) is 9.34. The maximum atomic E-state index is 15.4. The lowest BCUT2D eigenvalue weighted by Gasteiger charge is -2.68. The molecule has 0 radical (unpaired) electrons. The molecule has 0 bridgehead atoms. The normalized spacial score (nSPS) is 37.9. The summed E-state index contributed by atoms with van der Waals surface area (Å²) in [5.41, 5.74) is 1.63. The van der Waals surface area contributed by atoms with Gasteiger partial charge in [0.2, 0.25) is 5.91 Å². The first-order valence-corrected chi connectivity index (χ1v) is 20.4. The maximum Gasteiger partial charge on any atom is 0.335 e. The van der Waals surface area contributed by atoms with Crippen LogP contribution in [0.5, 0.6) is 0 Å². The van der Waals surface area contributed by atoms with E-state index in [1.54, 1.807) is 18.2 Å². The molecule has 1 saturated heterocycles. The first kappa shape index (κ1) is 36.7. The van der Waals surface area contributed by atoms with Crippen LogP contribution in [0, 0.1) is 57.1 Å². The second-order valence-electron chi connectivity index (χ2n) is 17.4. The van der Waals surface area contributed by atoms with Gasteiger partial charge in [-0.1, -0.05) is 52.3 Å². The maximum absolute atomic E-state index is 15.4. The number of amides is 1. The molecule has 2 N–H and O–H groups in total. The van der Waals surface area contributed by atoms with Crippen LogP contribution in [0.2, 0.25) is 0 Å². The first-order valence-electron chi connectivity index (χ1n) is 19.2. The molecule has 1 amide bonds. The van der Waals surface area contributed by atoms with E-state index in [0.717, 1.165) is 57.4 Å². The van der Waals surface area contributed by atoms with Crippen LogP contribution >= 0.6 is 11.8 Å². The van der Waals surface area contributed by atoms with E-state index >= 15 is 4.39 Å². The summed E-state index contributed by atoms with van der Waals surface area (Å²) in [6, 6.07) is 4.42. The molecule has 0 aromatic heterocycles. The van der Waals surface area contributed by atoms with Crippen molar-refractivity contribution >= 4 is 29.2 Å². The van der Waals surface area contributed by atoms with Crippen molar-refractivity contribution < 1.29 is 19.1 Å². The number of nitrogens with zero attached hydrogens (tertiary/aromatic N) is 1. The number of aromatic carboxylic acids is 1. The quantitative estimate of drug-likeness (QED) is 0.291. The number of hydrogen-bond acceptors (Lipinski definition) is 4. The zero-order chi connectivity index (χ0) is 35.2. The van der Waals surface area contributed by atoms with Crippen molar-refractivity contribution in [2.45, 2.75) is 98.8 Å². The Hall–Kier alpha value is -2.12. The fourth-order valence-electron chi connectivity index (χ4n) is 12.9. The summed E-state index contributed by atoms with van der Waals surface area (Å²) in [4.78, 5) is 28.0. The van der Waals surface area contributed by atoms with Gasteiger partial charge in [0, 0.05) is 43.2 Å². The SMILES string of the molecule is C=CC.CC1(C)C(c2ccc(C(=O)O)cc2F)=CCC2(C)C1CCC1(C)C3CCC4(C(=O)NCCN5CCSCC5)CCCC4C3CCC12. The average molecular weight is 693 g/mol. The van der Waals surface area contributed by atoms with Gasteiger partial charge in [-0.25, -0.2) is 9.18 Å². The van der Waals surface area contributed by atoms with Gasteiger partial charge in [-0.15, -0.1) is 6.58 Å². The van der Waals surface area contributed by atoms with Crippen LogP contribution in [-0.2, 0) is 4.79 Å². The molecule has 49 heavy (non-hydrogen) atoms. The van der Waals surface area contributed by atoms with Gasteiger partial charge in [0.05, 0.1) is 11.0 Å². The number of thioether (sulfide) groups is 1. The van der Waals surface area contributed by atoms with Crippen molar-refractivity contribution in [1.82, 2.24) is 10.2 Å². The van der Waals surface area contributed by atoms with Crippen LogP contribution in [0.15, 0.2) is 36.9 Å². The molecule has 1 heterocycles. The Balaban J connectivity index is 0.00000134. The Morgan fingerprint density at radius 3 is 2.43 bits per heavy atom. The molecule has 8 atom stereocenters. The van der Waals surface area contributed by atoms with Gasteiger partial charge < -0.3 is 10.4 Å². The highest BCUT2D eigenvalue weighted by atomic mass is 32.2. The van der Waals surface area contributed by atoms with Crippen molar-refractivity contribution in [3.8, 4) is 0 Å². The van der Waals surface area contributed by atoms with Gasteiger partial charge in [0.25, 0.3) is 0 Å². The van der Waals surface area contributed by atoms with Crippen LogP contribution in [-0.4, -0.2) is 59.6 Å². The summed E-state index contributed by atoms with van der Waals surface area (Å²) in [5.74, 6) is 4.14. The third kappa shape index (κ3) is 6.25. The Morgan fingerprint density at radius 2 is 1.73 bits per heavy atom. The number of fused-ring (bicyclic) bond motifs is 7. The monoisotopic (exact) mass is 692 g/mol. The van der Waals surface area contributed by atoms with Crippen LogP contribution in [0.25, 0.3) is 5.57 Å². The number of carbonyl (C=O) groups is 2. The predicted molar refractivity (Wildman–Crippen MR) is 200 cm³/mol. The molecule has 0 spiro atoms. The zero-order valence-corrected chi connectivity index (χ0v) is 31.6. The molecule has 1 aromatic carbocycles. The molecule has 1 aromatic rings. The number of nitrogens with one attached hydrogen (secondary N) is 1. The number of benzene rings is 1. The lowest BCUT2D eigenvalue weighted by atomic mass is 9.36. The van der Waals surface area contributed by atoms with E-state index in [1.165, 1.54) is 56.1 Å². The minimum atomic E-state index is -1.09. The van der Waals surface area contributed by atoms with E-state index < -0.39 is 11.8 Å². The number of carboxylic acid groups (broad SMARTS) is 1. The van der Waals surface area contributed by atoms with Crippen LogP contribution < -0.4 is 5.32 Å². The van der Waals surface area contributed by atoms with Crippen LogP contribution in [0.1, 0.15) is 115 Å². The molecule has 7 heteroatoms. The van der Waals surface area contributed by atoms with Crippen molar-refractivity contribution in [3.05, 3.63) is 53.9 Å². The Labute approximate surface area is 299 Å². The third-order valence-corrected chi connectivity index (χ3v) is 15.8. The van der Waals surface area contributed by atoms with Crippen molar-refractivity contribution in [2.75, 3.05) is 37.7 Å². The second-order valence-corrected chi connectivity index (χ2v) is 18.6. The van der Waals surface area contributed by atoms with E-state index in [1.807, 2.05) is 18.7 Å². The molecule has 5 fully saturated rings. The summed E-state index contributed by atoms with van der Waals surface area (Å²) < 4.78 is 15.4. The van der Waals surface area contributed by atoms with E-state index in [-0.39, 0.29) is 27.2 Å². The number of carbonyl (C=O) groups excluding carboxylic acids is 1. The van der Waals surface area contributed by atoms with Gasteiger partial charge in [-0.3, -0.25) is 9.69 Å². The molecule has 6 aliphatic rings. The lowest BCUT2D eigenvalue weighted by Crippen LogP contribution is -2.62. The zero-order valence-electron chi connectivity index (χ0n) is 30.8. The molecular weight excluding hydrogens is 632 g/mol. The Bertz CT molecular complexity index is 1450. The fraction of sp³-hybridized carbons (Fsp3) is 0.714. The molecular formula is C42H61FN2O3S. The highest BCUT2D eigenvalue weighted by Gasteiger charge is 2.66. The summed E-state index contributed by atoms with van der Waals surface area (Å²) in [5, 5.41) is 12.8. The van der Waals surface area contributed by atoms with Gasteiger partial charge in [0.1, 0.15) is 5.82 Å². The van der Waals surface area contributed by atoms with E-state index in [4.69, 9.17) is 0 Å². The van der Waals surface area contributed by atoms with Gasteiger partial charge >= 0.3 is 5.97 Å². The minimum absolute atomic E-state index is 0.00144. The molecule has 270 valence electrons. The second kappa shape index (κ2) is 14.1.